The number of methoxy groups -OCH3 is 1. The summed E-state index contributed by atoms with van der Waals surface area (Å²) in [6.45, 7) is 3.99. The summed E-state index contributed by atoms with van der Waals surface area (Å²) in [6.07, 6.45) is 2.38. The summed E-state index contributed by atoms with van der Waals surface area (Å²) in [5, 5.41) is 15.1. The minimum atomic E-state index is -0.416. The van der Waals surface area contributed by atoms with Gasteiger partial charge >= 0.3 is 0 Å². The lowest BCUT2D eigenvalue weighted by Gasteiger charge is -2.14. The largest absolute Gasteiger partial charge is 0.497 e. The Balaban J connectivity index is 2.01. The van der Waals surface area contributed by atoms with Crippen LogP contribution in [0.15, 0.2) is 60.3 Å². The zero-order chi connectivity index (χ0) is 18.9. The van der Waals surface area contributed by atoms with Gasteiger partial charge in [0.25, 0.3) is 5.91 Å². The van der Waals surface area contributed by atoms with E-state index in [-0.39, 0.29) is 11.6 Å². The van der Waals surface area contributed by atoms with Crippen molar-refractivity contribution in [3.8, 4) is 11.8 Å². The van der Waals surface area contributed by atoms with Crippen molar-refractivity contribution >= 4 is 11.6 Å². The number of aryl methyl sites for hydroxylation is 1. The fraction of sp³-hybridized carbons (Fsp3) is 0.238. The Morgan fingerprint density at radius 3 is 2.38 bits per heavy atom. The number of amides is 1. The van der Waals surface area contributed by atoms with Crippen molar-refractivity contribution in [1.82, 2.24) is 5.32 Å². The Hall–Kier alpha value is -3.26. The average molecular weight is 349 g/mol. The molecule has 0 fully saturated rings. The first-order chi connectivity index (χ1) is 12.6. The van der Waals surface area contributed by atoms with Crippen molar-refractivity contribution in [1.29, 1.82) is 5.26 Å². The third-order valence-electron chi connectivity index (χ3n) is 4.07. The van der Waals surface area contributed by atoms with E-state index in [0.29, 0.717) is 0 Å². The van der Waals surface area contributed by atoms with E-state index in [0.717, 1.165) is 23.4 Å². The zero-order valence-electron chi connectivity index (χ0n) is 15.2. The van der Waals surface area contributed by atoms with Crippen LogP contribution in [0.5, 0.6) is 5.75 Å². The molecule has 5 nitrogen and oxygen atoms in total. The quantitative estimate of drug-likeness (QED) is 0.586. The van der Waals surface area contributed by atoms with Crippen LogP contribution in [-0.4, -0.2) is 13.0 Å². The summed E-state index contributed by atoms with van der Waals surface area (Å²) < 4.78 is 5.09. The number of carbonyl (C=O) groups excluding carboxylic acids is 1. The van der Waals surface area contributed by atoms with Gasteiger partial charge in [-0.25, -0.2) is 0 Å². The van der Waals surface area contributed by atoms with Crippen LogP contribution in [0, 0.1) is 11.3 Å². The molecule has 0 bridgehead atoms. The summed E-state index contributed by atoms with van der Waals surface area (Å²) in [4.78, 5) is 12.3. The highest BCUT2D eigenvalue weighted by Gasteiger charge is 2.13. The number of rotatable bonds is 7. The van der Waals surface area contributed by atoms with Crippen LogP contribution in [0.4, 0.5) is 5.69 Å². The first-order valence-corrected chi connectivity index (χ1v) is 8.48. The van der Waals surface area contributed by atoms with Gasteiger partial charge in [-0.05, 0) is 48.7 Å². The van der Waals surface area contributed by atoms with Crippen LogP contribution in [0.1, 0.15) is 31.0 Å². The molecule has 0 saturated carbocycles. The monoisotopic (exact) mass is 349 g/mol. The molecule has 2 aromatic carbocycles. The average Bonchev–Trinajstić information content (AvgIpc) is 2.69. The van der Waals surface area contributed by atoms with Gasteiger partial charge in [0.1, 0.15) is 17.4 Å². The standard InChI is InChI=1S/C21H23N3O2/c1-4-16-5-7-17(8-6-16)15(2)24-21(25)18(13-22)14-23-19-9-11-20(26-3)12-10-19/h5-12,14-15,23H,4H2,1-3H3,(H,24,25)/b18-14-. The lowest BCUT2D eigenvalue weighted by atomic mass is 10.0. The second-order valence-corrected chi connectivity index (χ2v) is 5.83. The maximum absolute atomic E-state index is 12.3. The molecule has 0 aliphatic heterocycles. The molecule has 2 rings (SSSR count). The molecule has 2 N–H and O–H groups in total. The van der Waals surface area contributed by atoms with Gasteiger partial charge in [-0.15, -0.1) is 0 Å². The van der Waals surface area contributed by atoms with Crippen molar-refractivity contribution in [2.75, 3.05) is 12.4 Å². The Labute approximate surface area is 154 Å². The number of benzene rings is 2. The van der Waals surface area contributed by atoms with E-state index < -0.39 is 5.91 Å². The maximum atomic E-state index is 12.3. The molecule has 2 aromatic rings. The van der Waals surface area contributed by atoms with Gasteiger partial charge in [-0.3, -0.25) is 4.79 Å². The van der Waals surface area contributed by atoms with E-state index in [9.17, 15) is 10.1 Å². The van der Waals surface area contributed by atoms with Crippen molar-refractivity contribution in [2.45, 2.75) is 26.3 Å². The minimum Gasteiger partial charge on any atom is -0.497 e. The third-order valence-corrected chi connectivity index (χ3v) is 4.07. The van der Waals surface area contributed by atoms with Crippen molar-refractivity contribution in [3.63, 3.8) is 0 Å². The van der Waals surface area contributed by atoms with E-state index in [2.05, 4.69) is 17.6 Å². The molecule has 1 unspecified atom stereocenters. The first kappa shape index (κ1) is 19.1. The van der Waals surface area contributed by atoms with Crippen LogP contribution < -0.4 is 15.4 Å². The van der Waals surface area contributed by atoms with Crippen molar-refractivity contribution in [3.05, 3.63) is 71.4 Å². The van der Waals surface area contributed by atoms with Crippen LogP contribution in [0.2, 0.25) is 0 Å². The number of ether oxygens (including phenoxy) is 1. The summed E-state index contributed by atoms with van der Waals surface area (Å²) in [5.74, 6) is 0.321. The summed E-state index contributed by atoms with van der Waals surface area (Å²) in [7, 11) is 1.59. The van der Waals surface area contributed by atoms with Crippen molar-refractivity contribution in [2.24, 2.45) is 0 Å². The van der Waals surface area contributed by atoms with Gasteiger partial charge in [0.15, 0.2) is 0 Å². The van der Waals surface area contributed by atoms with E-state index in [4.69, 9.17) is 4.74 Å². The molecule has 1 amide bonds. The molecular formula is C21H23N3O2. The number of anilines is 1. The zero-order valence-corrected chi connectivity index (χ0v) is 15.2. The SMILES string of the molecule is CCc1ccc(C(C)NC(=O)/C(C#N)=C\Nc2ccc(OC)cc2)cc1. The van der Waals surface area contributed by atoms with Gasteiger partial charge in [-0.2, -0.15) is 5.26 Å². The summed E-state index contributed by atoms with van der Waals surface area (Å²) in [5.41, 5.74) is 3.01. The lowest BCUT2D eigenvalue weighted by Crippen LogP contribution is -2.28. The second kappa shape index (κ2) is 9.28. The molecule has 0 aliphatic rings. The van der Waals surface area contributed by atoms with E-state index >= 15 is 0 Å². The minimum absolute atomic E-state index is 0.0119. The molecule has 0 aliphatic carbocycles. The maximum Gasteiger partial charge on any atom is 0.263 e. The third kappa shape index (κ3) is 5.12. The molecule has 134 valence electrons. The smallest absolute Gasteiger partial charge is 0.263 e. The van der Waals surface area contributed by atoms with Crippen LogP contribution in [-0.2, 0) is 11.2 Å². The Morgan fingerprint density at radius 2 is 1.85 bits per heavy atom. The van der Waals surface area contributed by atoms with Gasteiger partial charge in [0.05, 0.1) is 13.2 Å². The van der Waals surface area contributed by atoms with Crippen LogP contribution in [0.3, 0.4) is 0 Å². The van der Waals surface area contributed by atoms with E-state index in [1.165, 1.54) is 11.8 Å². The summed E-state index contributed by atoms with van der Waals surface area (Å²) in [6, 6.07) is 17.0. The first-order valence-electron chi connectivity index (χ1n) is 8.48. The van der Waals surface area contributed by atoms with Crippen LogP contribution >= 0.6 is 0 Å². The molecular weight excluding hydrogens is 326 g/mol. The Kier molecular flexibility index (Phi) is 6.81. The highest BCUT2D eigenvalue weighted by molar-refractivity contribution is 5.97. The molecule has 0 aromatic heterocycles. The Bertz CT molecular complexity index is 803. The highest BCUT2D eigenvalue weighted by Crippen LogP contribution is 2.16. The molecule has 0 spiro atoms. The van der Waals surface area contributed by atoms with Crippen LogP contribution in [0.25, 0.3) is 0 Å². The number of carbonyl (C=O) groups is 1. The molecule has 1 atom stereocenters. The van der Waals surface area contributed by atoms with Crippen molar-refractivity contribution < 1.29 is 9.53 Å². The molecule has 0 saturated heterocycles. The normalized spacial score (nSPS) is 12.0. The topological polar surface area (TPSA) is 74.2 Å². The highest BCUT2D eigenvalue weighted by atomic mass is 16.5. The summed E-state index contributed by atoms with van der Waals surface area (Å²) >= 11 is 0. The number of nitrogens with one attached hydrogen (secondary N) is 2. The predicted molar refractivity (Wildman–Crippen MR) is 103 cm³/mol. The van der Waals surface area contributed by atoms with Gasteiger partial charge in [0.2, 0.25) is 0 Å². The molecule has 0 radical (unpaired) electrons. The number of nitriles is 1. The molecule has 26 heavy (non-hydrogen) atoms. The Morgan fingerprint density at radius 1 is 1.19 bits per heavy atom. The predicted octanol–water partition coefficient (Wildman–Crippen LogP) is 3.95. The van der Waals surface area contributed by atoms with E-state index in [1.807, 2.05) is 37.3 Å². The fourth-order valence-corrected chi connectivity index (χ4v) is 2.39. The molecule has 5 heteroatoms. The van der Waals surface area contributed by atoms with Gasteiger partial charge in [-0.1, -0.05) is 31.2 Å². The van der Waals surface area contributed by atoms with Gasteiger partial charge < -0.3 is 15.4 Å². The molecule has 0 heterocycles. The number of nitrogens with zero attached hydrogens (tertiary/aromatic N) is 1. The number of hydrogen-bond donors (Lipinski definition) is 2. The lowest BCUT2D eigenvalue weighted by molar-refractivity contribution is -0.117. The number of hydrogen-bond acceptors (Lipinski definition) is 4. The second-order valence-electron chi connectivity index (χ2n) is 5.83. The fourth-order valence-electron chi connectivity index (χ4n) is 2.39. The van der Waals surface area contributed by atoms with E-state index in [1.54, 1.807) is 31.4 Å². The van der Waals surface area contributed by atoms with Gasteiger partial charge in [0, 0.05) is 11.9 Å².